The average molecular weight is 634 g/mol. The lowest BCUT2D eigenvalue weighted by atomic mass is 9.99. The van der Waals surface area contributed by atoms with Crippen molar-refractivity contribution in [2.45, 2.75) is 32.4 Å². The number of hydrogen-bond donors (Lipinski definition) is 3. The zero-order valence-corrected chi connectivity index (χ0v) is 26.8. The minimum absolute atomic E-state index is 0.0976. The molecule has 44 heavy (non-hydrogen) atoms. The highest BCUT2D eigenvalue weighted by Crippen LogP contribution is 2.32. The molecular weight excluding hydrogens is 594 g/mol. The van der Waals surface area contributed by atoms with Crippen molar-refractivity contribution in [1.82, 2.24) is 30.2 Å². The number of benzene rings is 2. The monoisotopic (exact) mass is 633 g/mol. The van der Waals surface area contributed by atoms with E-state index in [2.05, 4.69) is 32.1 Å². The van der Waals surface area contributed by atoms with Gasteiger partial charge < -0.3 is 26.2 Å². The normalized spacial score (nSPS) is 14.9. The third-order valence-corrected chi connectivity index (χ3v) is 9.28. The van der Waals surface area contributed by atoms with E-state index in [0.29, 0.717) is 35.8 Å². The van der Waals surface area contributed by atoms with Crippen LogP contribution in [0.4, 0.5) is 4.79 Å². The standard InChI is InChI=1S/C33H40ClN7O2S/c1-36-13-2-14-37-32(42)25-7-4-24(5-8-25)6-9-26-22-27(10-11-29(26)34)31-28-23-40(33(35)43)17-12-30(28)41(38-31)16-3-15-39-18-20-44-21-19-39/h4-5,7-8,10-11,22,36H,2-3,12-21,23H2,1H3,(H2,35,43)(H,37,42). The number of aryl methyl sites for hydroxylation is 1. The van der Waals surface area contributed by atoms with Gasteiger partial charge in [-0.25, -0.2) is 4.79 Å². The number of urea groups is 1. The average Bonchev–Trinajstić information content (AvgIpc) is 3.41. The van der Waals surface area contributed by atoms with E-state index >= 15 is 0 Å². The predicted octanol–water partition coefficient (Wildman–Crippen LogP) is 3.82. The van der Waals surface area contributed by atoms with E-state index < -0.39 is 6.03 Å². The molecule has 2 aliphatic rings. The van der Waals surface area contributed by atoms with Gasteiger partial charge in [-0.2, -0.15) is 16.9 Å². The van der Waals surface area contributed by atoms with Crippen LogP contribution in [0.1, 0.15) is 45.6 Å². The fraction of sp³-hybridized carbons (Fsp3) is 0.424. The van der Waals surface area contributed by atoms with Gasteiger partial charge in [0.15, 0.2) is 0 Å². The summed E-state index contributed by atoms with van der Waals surface area (Å²) in [5.74, 6) is 8.69. The fourth-order valence-corrected chi connectivity index (χ4v) is 6.69. The molecule has 1 fully saturated rings. The number of hydrogen-bond acceptors (Lipinski definition) is 6. The summed E-state index contributed by atoms with van der Waals surface area (Å²) in [6.45, 7) is 6.67. The second kappa shape index (κ2) is 15.5. The SMILES string of the molecule is CNCCCNC(=O)c1ccc(C#Cc2cc(-c3nn(CCCN4CCSCC4)c4c3CN(C(N)=O)CC4)ccc2Cl)cc1. The first kappa shape index (κ1) is 31.9. The molecule has 1 aromatic heterocycles. The molecule has 3 aromatic rings. The summed E-state index contributed by atoms with van der Waals surface area (Å²) in [5, 5.41) is 11.6. The Labute approximate surface area is 268 Å². The zero-order valence-electron chi connectivity index (χ0n) is 25.2. The number of nitrogens with two attached hydrogens (primary N) is 1. The fourth-order valence-electron chi connectivity index (χ4n) is 5.55. The number of aromatic nitrogens is 2. The minimum atomic E-state index is -0.419. The number of carbonyl (C=O) groups is 2. The van der Waals surface area contributed by atoms with Crippen LogP contribution in [0.2, 0.25) is 5.02 Å². The Bertz CT molecular complexity index is 1520. The molecule has 0 atom stereocenters. The van der Waals surface area contributed by atoms with E-state index in [0.717, 1.165) is 74.4 Å². The lowest BCUT2D eigenvalue weighted by Crippen LogP contribution is -2.39. The largest absolute Gasteiger partial charge is 0.352 e. The van der Waals surface area contributed by atoms with Gasteiger partial charge >= 0.3 is 6.03 Å². The Morgan fingerprint density at radius 2 is 1.82 bits per heavy atom. The second-order valence-electron chi connectivity index (χ2n) is 11.0. The molecule has 0 saturated carbocycles. The first-order valence-electron chi connectivity index (χ1n) is 15.2. The summed E-state index contributed by atoms with van der Waals surface area (Å²) < 4.78 is 2.13. The van der Waals surface area contributed by atoms with Gasteiger partial charge in [0, 0.05) is 84.2 Å². The van der Waals surface area contributed by atoms with Gasteiger partial charge in [-0.3, -0.25) is 9.48 Å². The number of primary amides is 1. The zero-order chi connectivity index (χ0) is 30.9. The Morgan fingerprint density at radius 3 is 2.57 bits per heavy atom. The topological polar surface area (TPSA) is 109 Å². The maximum Gasteiger partial charge on any atom is 0.315 e. The second-order valence-corrected chi connectivity index (χ2v) is 12.7. The predicted molar refractivity (Wildman–Crippen MR) is 178 cm³/mol. The van der Waals surface area contributed by atoms with Crippen molar-refractivity contribution >= 4 is 35.3 Å². The summed E-state index contributed by atoms with van der Waals surface area (Å²) in [6, 6.07) is 12.6. The number of fused-ring (bicyclic) bond motifs is 1. The van der Waals surface area contributed by atoms with Gasteiger partial charge in [0.2, 0.25) is 0 Å². The van der Waals surface area contributed by atoms with Crippen LogP contribution in [-0.4, -0.2) is 89.3 Å². The molecule has 3 amide bonds. The van der Waals surface area contributed by atoms with Crippen molar-refractivity contribution in [3.8, 4) is 23.1 Å². The van der Waals surface area contributed by atoms with Gasteiger partial charge in [-0.15, -0.1) is 0 Å². The van der Waals surface area contributed by atoms with Crippen molar-refractivity contribution in [2.24, 2.45) is 5.73 Å². The van der Waals surface area contributed by atoms with Crippen LogP contribution in [-0.2, 0) is 19.5 Å². The van der Waals surface area contributed by atoms with E-state index in [4.69, 9.17) is 22.4 Å². The summed E-state index contributed by atoms with van der Waals surface area (Å²) in [7, 11) is 1.89. The summed E-state index contributed by atoms with van der Waals surface area (Å²) in [6.07, 6.45) is 2.61. The van der Waals surface area contributed by atoms with E-state index in [9.17, 15) is 9.59 Å². The van der Waals surface area contributed by atoms with Crippen LogP contribution in [0.3, 0.4) is 0 Å². The number of nitrogens with zero attached hydrogens (tertiary/aromatic N) is 4. The highest BCUT2D eigenvalue weighted by Gasteiger charge is 2.27. The molecule has 9 nitrogen and oxygen atoms in total. The quantitative estimate of drug-likeness (QED) is 0.231. The van der Waals surface area contributed by atoms with E-state index in [1.807, 2.05) is 49.1 Å². The third-order valence-electron chi connectivity index (χ3n) is 8.01. The number of amides is 3. The molecule has 2 aliphatic heterocycles. The van der Waals surface area contributed by atoms with Crippen molar-refractivity contribution in [3.63, 3.8) is 0 Å². The maximum atomic E-state index is 12.4. The number of thioether (sulfide) groups is 1. The van der Waals surface area contributed by atoms with Gasteiger partial charge in [0.1, 0.15) is 0 Å². The molecule has 4 N–H and O–H groups in total. The van der Waals surface area contributed by atoms with E-state index in [1.165, 1.54) is 17.2 Å². The van der Waals surface area contributed by atoms with Gasteiger partial charge in [-0.1, -0.05) is 29.5 Å². The Kier molecular flexibility index (Phi) is 11.2. The van der Waals surface area contributed by atoms with Crippen LogP contribution in [0.25, 0.3) is 11.3 Å². The molecule has 2 aromatic carbocycles. The van der Waals surface area contributed by atoms with Crippen molar-refractivity contribution in [1.29, 1.82) is 0 Å². The third kappa shape index (κ3) is 8.16. The summed E-state index contributed by atoms with van der Waals surface area (Å²) in [5.41, 5.74) is 11.7. The Morgan fingerprint density at radius 1 is 1.02 bits per heavy atom. The van der Waals surface area contributed by atoms with E-state index in [1.54, 1.807) is 17.0 Å². The number of nitrogens with one attached hydrogen (secondary N) is 2. The van der Waals surface area contributed by atoms with Crippen LogP contribution in [0.5, 0.6) is 0 Å². The number of halogens is 1. The smallest absolute Gasteiger partial charge is 0.315 e. The summed E-state index contributed by atoms with van der Waals surface area (Å²) >= 11 is 8.61. The molecule has 0 unspecified atom stereocenters. The molecular formula is C33H40ClN7O2S. The Hall–Kier alpha value is -3.49. The van der Waals surface area contributed by atoms with Crippen LogP contribution in [0, 0.1) is 11.8 Å². The maximum absolute atomic E-state index is 12.4. The van der Waals surface area contributed by atoms with Gasteiger partial charge in [0.05, 0.1) is 17.3 Å². The molecule has 3 heterocycles. The van der Waals surface area contributed by atoms with Gasteiger partial charge in [0.25, 0.3) is 5.91 Å². The molecule has 11 heteroatoms. The molecule has 0 spiro atoms. The van der Waals surface area contributed by atoms with Crippen LogP contribution in [0.15, 0.2) is 42.5 Å². The molecule has 232 valence electrons. The molecule has 1 saturated heterocycles. The molecule has 0 aliphatic carbocycles. The van der Waals surface area contributed by atoms with Crippen molar-refractivity contribution in [2.75, 3.05) is 57.8 Å². The van der Waals surface area contributed by atoms with Crippen LogP contribution < -0.4 is 16.4 Å². The number of carbonyl (C=O) groups excluding carboxylic acids is 2. The van der Waals surface area contributed by atoms with Crippen molar-refractivity contribution in [3.05, 3.63) is 75.4 Å². The Balaban J connectivity index is 1.34. The lowest BCUT2D eigenvalue weighted by Gasteiger charge is -2.27. The van der Waals surface area contributed by atoms with Crippen LogP contribution >= 0.6 is 23.4 Å². The summed E-state index contributed by atoms with van der Waals surface area (Å²) in [4.78, 5) is 28.7. The van der Waals surface area contributed by atoms with Crippen molar-refractivity contribution < 1.29 is 9.59 Å². The van der Waals surface area contributed by atoms with Gasteiger partial charge in [-0.05, 0) is 69.4 Å². The highest BCUT2D eigenvalue weighted by molar-refractivity contribution is 7.99. The minimum Gasteiger partial charge on any atom is -0.352 e. The lowest BCUT2D eigenvalue weighted by molar-refractivity contribution is 0.0953. The first-order valence-corrected chi connectivity index (χ1v) is 16.7. The number of rotatable bonds is 10. The molecule has 5 rings (SSSR count). The first-order chi connectivity index (χ1) is 21.4. The highest BCUT2D eigenvalue weighted by atomic mass is 35.5. The molecule has 0 radical (unpaired) electrons. The van der Waals surface area contributed by atoms with E-state index in [-0.39, 0.29) is 5.91 Å². The molecule has 0 bridgehead atoms.